The van der Waals surface area contributed by atoms with Gasteiger partial charge in [0, 0.05) is 12.7 Å². The highest BCUT2D eigenvalue weighted by Crippen LogP contribution is 2.58. The van der Waals surface area contributed by atoms with Gasteiger partial charge >= 0.3 is 0 Å². The van der Waals surface area contributed by atoms with Crippen molar-refractivity contribution in [1.29, 1.82) is 0 Å². The first-order valence-electron chi connectivity index (χ1n) is 11.2. The fraction of sp³-hybridized carbons (Fsp3) is 1.00. The second-order valence-electron chi connectivity index (χ2n) is 11.7. The minimum absolute atomic E-state index is 0.258. The standard InChI is InChI=1S/C23H46O3Si/c1-17(25-16-15-22(5,6)24)18-12-13-19-20(11-10-14-23(18,19)7)26-27(8,9)21(2,3)4/h17-20,24H,10-16H2,1-9H3/t17-,18+,19-,20-,23-/m0/s1. The van der Waals surface area contributed by atoms with Crippen molar-refractivity contribution in [3.05, 3.63) is 0 Å². The average molecular weight is 399 g/mol. The lowest BCUT2D eigenvalue weighted by atomic mass is 9.63. The molecular formula is C23H46O3Si. The van der Waals surface area contributed by atoms with Crippen molar-refractivity contribution in [2.45, 2.75) is 123 Å². The molecular weight excluding hydrogens is 352 g/mol. The summed E-state index contributed by atoms with van der Waals surface area (Å²) in [6.07, 6.45) is 7.72. The van der Waals surface area contributed by atoms with E-state index in [0.717, 1.165) is 0 Å². The zero-order valence-electron chi connectivity index (χ0n) is 19.5. The molecule has 2 fully saturated rings. The van der Waals surface area contributed by atoms with Gasteiger partial charge in [0.2, 0.25) is 0 Å². The SMILES string of the molecule is C[C@H](OCCC(C)(C)O)[C@H]1CC[C@H]2[C@@H](O[Si](C)(C)C(C)(C)C)CCC[C@@]12C. The van der Waals surface area contributed by atoms with Gasteiger partial charge in [-0.25, -0.2) is 0 Å². The lowest BCUT2D eigenvalue weighted by Crippen LogP contribution is -2.50. The van der Waals surface area contributed by atoms with E-state index >= 15 is 0 Å². The Labute approximate surface area is 169 Å². The molecule has 2 rings (SSSR count). The van der Waals surface area contributed by atoms with E-state index in [1.807, 2.05) is 13.8 Å². The van der Waals surface area contributed by atoms with E-state index in [1.165, 1.54) is 32.1 Å². The van der Waals surface area contributed by atoms with E-state index in [1.54, 1.807) is 0 Å². The van der Waals surface area contributed by atoms with Crippen LogP contribution in [0.2, 0.25) is 18.1 Å². The minimum atomic E-state index is -1.74. The number of fused-ring (bicyclic) bond motifs is 1. The van der Waals surface area contributed by atoms with E-state index in [4.69, 9.17) is 9.16 Å². The zero-order valence-corrected chi connectivity index (χ0v) is 20.5. The Morgan fingerprint density at radius 3 is 2.30 bits per heavy atom. The van der Waals surface area contributed by atoms with Crippen molar-refractivity contribution < 1.29 is 14.3 Å². The molecule has 160 valence electrons. The van der Waals surface area contributed by atoms with Gasteiger partial charge in [0.1, 0.15) is 0 Å². The summed E-state index contributed by atoms with van der Waals surface area (Å²) >= 11 is 0. The highest BCUT2D eigenvalue weighted by molar-refractivity contribution is 6.74. The fourth-order valence-corrected chi connectivity index (χ4v) is 6.63. The molecule has 5 atom stereocenters. The topological polar surface area (TPSA) is 38.7 Å². The maximum atomic E-state index is 9.95. The van der Waals surface area contributed by atoms with Crippen LogP contribution in [0.25, 0.3) is 0 Å². The Morgan fingerprint density at radius 1 is 1.11 bits per heavy atom. The van der Waals surface area contributed by atoms with Crippen LogP contribution in [0.5, 0.6) is 0 Å². The van der Waals surface area contributed by atoms with Gasteiger partial charge in [0.25, 0.3) is 0 Å². The van der Waals surface area contributed by atoms with Gasteiger partial charge in [-0.15, -0.1) is 0 Å². The predicted molar refractivity (Wildman–Crippen MR) is 117 cm³/mol. The van der Waals surface area contributed by atoms with Crippen molar-refractivity contribution in [1.82, 2.24) is 0 Å². The molecule has 0 aromatic carbocycles. The van der Waals surface area contributed by atoms with Gasteiger partial charge in [-0.05, 0) is 88.3 Å². The van der Waals surface area contributed by atoms with E-state index < -0.39 is 13.9 Å². The summed E-state index contributed by atoms with van der Waals surface area (Å²) in [6.45, 7) is 20.9. The molecule has 0 unspecified atom stereocenters. The first-order chi connectivity index (χ1) is 12.2. The van der Waals surface area contributed by atoms with E-state index in [9.17, 15) is 5.11 Å². The maximum Gasteiger partial charge on any atom is 0.192 e. The molecule has 0 aromatic rings. The first kappa shape index (κ1) is 23.4. The van der Waals surface area contributed by atoms with E-state index in [2.05, 4.69) is 47.7 Å². The summed E-state index contributed by atoms with van der Waals surface area (Å²) in [5.41, 5.74) is -0.311. The van der Waals surface area contributed by atoms with Crippen LogP contribution < -0.4 is 0 Å². The Bertz CT molecular complexity index is 491. The fourth-order valence-electron chi connectivity index (χ4n) is 5.24. The zero-order chi connectivity index (χ0) is 20.7. The molecule has 0 bridgehead atoms. The minimum Gasteiger partial charge on any atom is -0.414 e. The molecule has 0 spiro atoms. The van der Waals surface area contributed by atoms with Gasteiger partial charge in [0.05, 0.1) is 11.7 Å². The molecule has 2 aliphatic rings. The van der Waals surface area contributed by atoms with Gasteiger partial charge in [-0.3, -0.25) is 0 Å². The quantitative estimate of drug-likeness (QED) is 0.522. The van der Waals surface area contributed by atoms with Crippen molar-refractivity contribution in [2.75, 3.05) is 6.61 Å². The summed E-state index contributed by atoms with van der Waals surface area (Å²) < 4.78 is 13.2. The van der Waals surface area contributed by atoms with Crippen LogP contribution in [0.1, 0.15) is 87.0 Å². The lowest BCUT2D eigenvalue weighted by molar-refractivity contribution is -0.0699. The number of hydrogen-bond acceptors (Lipinski definition) is 3. The Morgan fingerprint density at radius 2 is 1.74 bits per heavy atom. The number of rotatable bonds is 7. The van der Waals surface area contributed by atoms with Crippen molar-refractivity contribution >= 4 is 8.32 Å². The highest BCUT2D eigenvalue weighted by atomic mass is 28.4. The summed E-state index contributed by atoms with van der Waals surface area (Å²) in [5.74, 6) is 1.28. The largest absolute Gasteiger partial charge is 0.414 e. The van der Waals surface area contributed by atoms with E-state index in [0.29, 0.717) is 36.4 Å². The molecule has 0 radical (unpaired) electrons. The lowest BCUT2D eigenvalue weighted by Gasteiger charge is -2.49. The van der Waals surface area contributed by atoms with Gasteiger partial charge in [-0.1, -0.05) is 34.1 Å². The number of hydrogen-bond donors (Lipinski definition) is 1. The van der Waals surface area contributed by atoms with Crippen LogP contribution >= 0.6 is 0 Å². The smallest absolute Gasteiger partial charge is 0.192 e. The third kappa shape index (κ3) is 5.37. The third-order valence-electron chi connectivity index (χ3n) is 8.05. The first-order valence-corrected chi connectivity index (χ1v) is 14.1. The Kier molecular flexibility index (Phi) is 7.00. The van der Waals surface area contributed by atoms with Crippen LogP contribution in [0.3, 0.4) is 0 Å². The van der Waals surface area contributed by atoms with Crippen LogP contribution in [-0.2, 0) is 9.16 Å². The molecule has 3 nitrogen and oxygen atoms in total. The Hall–Kier alpha value is 0.0969. The molecule has 0 aliphatic heterocycles. The van der Waals surface area contributed by atoms with Crippen LogP contribution in [0, 0.1) is 17.3 Å². The van der Waals surface area contributed by atoms with E-state index in [-0.39, 0.29) is 11.1 Å². The van der Waals surface area contributed by atoms with Crippen molar-refractivity contribution in [3.63, 3.8) is 0 Å². The van der Waals surface area contributed by atoms with Gasteiger partial charge < -0.3 is 14.3 Å². The van der Waals surface area contributed by atoms with Crippen LogP contribution in [-0.4, -0.2) is 37.8 Å². The summed E-state index contributed by atoms with van der Waals surface area (Å²) in [4.78, 5) is 0. The second kappa shape index (κ2) is 8.08. The molecule has 27 heavy (non-hydrogen) atoms. The monoisotopic (exact) mass is 398 g/mol. The van der Waals surface area contributed by atoms with Crippen LogP contribution in [0.4, 0.5) is 0 Å². The summed E-state index contributed by atoms with van der Waals surface area (Å²) in [7, 11) is -1.74. The summed E-state index contributed by atoms with van der Waals surface area (Å²) in [5, 5.41) is 10.2. The van der Waals surface area contributed by atoms with Crippen molar-refractivity contribution in [2.24, 2.45) is 17.3 Å². The van der Waals surface area contributed by atoms with Gasteiger partial charge in [0.15, 0.2) is 8.32 Å². The van der Waals surface area contributed by atoms with Gasteiger partial charge in [-0.2, -0.15) is 0 Å². The molecule has 0 aromatic heterocycles. The molecule has 0 saturated heterocycles. The number of aliphatic hydroxyl groups is 1. The molecule has 0 amide bonds. The van der Waals surface area contributed by atoms with Crippen molar-refractivity contribution in [3.8, 4) is 0 Å². The highest BCUT2D eigenvalue weighted by Gasteiger charge is 2.54. The molecule has 0 heterocycles. The summed E-state index contributed by atoms with van der Waals surface area (Å²) in [6, 6.07) is 0. The second-order valence-corrected chi connectivity index (χ2v) is 16.5. The molecule has 2 aliphatic carbocycles. The third-order valence-corrected chi connectivity index (χ3v) is 12.6. The Balaban J connectivity index is 2.04. The molecule has 2 saturated carbocycles. The van der Waals surface area contributed by atoms with Crippen LogP contribution in [0.15, 0.2) is 0 Å². The predicted octanol–water partition coefficient (Wildman–Crippen LogP) is 6.16. The number of ether oxygens (including phenoxy) is 1. The molecule has 4 heteroatoms. The molecule has 1 N–H and O–H groups in total. The maximum absolute atomic E-state index is 9.95. The average Bonchev–Trinajstić information content (AvgIpc) is 2.82. The normalized spacial score (nSPS) is 33.8.